The molecule has 0 aliphatic carbocycles. The van der Waals surface area contributed by atoms with Crippen molar-refractivity contribution in [3.8, 4) is 11.6 Å². The summed E-state index contributed by atoms with van der Waals surface area (Å²) in [6.45, 7) is 5.37. The molecule has 1 saturated heterocycles. The lowest BCUT2D eigenvalue weighted by Gasteiger charge is -2.36. The summed E-state index contributed by atoms with van der Waals surface area (Å²) < 4.78 is 7.20. The summed E-state index contributed by atoms with van der Waals surface area (Å²) >= 11 is 1.31. The average Bonchev–Trinajstić information content (AvgIpc) is 3.46. The Morgan fingerprint density at radius 3 is 2.62 bits per heavy atom. The first-order valence-corrected chi connectivity index (χ1v) is 11.5. The number of primary amides is 1. The van der Waals surface area contributed by atoms with E-state index in [0.29, 0.717) is 36.4 Å². The van der Waals surface area contributed by atoms with Crippen LogP contribution in [0, 0.1) is 6.92 Å². The van der Waals surface area contributed by atoms with Crippen molar-refractivity contribution in [3.63, 3.8) is 0 Å². The summed E-state index contributed by atoms with van der Waals surface area (Å²) in [7, 11) is 0. The Balaban J connectivity index is 1.36. The standard InChI is InChI=1S/C22H26N6O3S/c1-16-4-2-5-17(14-16)26-9-11-27(12-10-26)20(30)15-32-22-25-24-21(18-6-3-13-31-18)28(22)8-7-19(23)29/h2-6,13-14H,7-12,15H2,1H3,(H2,23,29). The molecule has 2 aromatic heterocycles. The van der Waals surface area contributed by atoms with Gasteiger partial charge in [-0.05, 0) is 36.8 Å². The van der Waals surface area contributed by atoms with Crippen LogP contribution in [0.5, 0.6) is 0 Å². The van der Waals surface area contributed by atoms with Gasteiger partial charge in [-0.15, -0.1) is 10.2 Å². The van der Waals surface area contributed by atoms with Crippen LogP contribution >= 0.6 is 11.8 Å². The average molecular weight is 455 g/mol. The number of hydrogen-bond donors (Lipinski definition) is 1. The Morgan fingerprint density at radius 2 is 1.94 bits per heavy atom. The van der Waals surface area contributed by atoms with E-state index in [0.717, 1.165) is 13.1 Å². The van der Waals surface area contributed by atoms with E-state index in [2.05, 4.69) is 46.3 Å². The minimum absolute atomic E-state index is 0.0582. The molecule has 4 rings (SSSR count). The van der Waals surface area contributed by atoms with Crippen LogP contribution in [0.1, 0.15) is 12.0 Å². The first-order valence-electron chi connectivity index (χ1n) is 10.5. The highest BCUT2D eigenvalue weighted by atomic mass is 32.2. The second-order valence-corrected chi connectivity index (χ2v) is 8.59. The maximum atomic E-state index is 12.8. The molecule has 3 aromatic rings. The van der Waals surface area contributed by atoms with Gasteiger partial charge < -0.3 is 20.0 Å². The summed E-state index contributed by atoms with van der Waals surface area (Å²) in [6, 6.07) is 12.0. The van der Waals surface area contributed by atoms with Gasteiger partial charge in [-0.1, -0.05) is 23.9 Å². The molecule has 168 valence electrons. The zero-order valence-electron chi connectivity index (χ0n) is 17.9. The maximum Gasteiger partial charge on any atom is 0.233 e. The molecule has 32 heavy (non-hydrogen) atoms. The number of anilines is 1. The molecule has 3 heterocycles. The van der Waals surface area contributed by atoms with Crippen molar-refractivity contribution in [2.75, 3.05) is 36.8 Å². The highest BCUT2D eigenvalue weighted by Gasteiger charge is 2.23. The number of aromatic nitrogens is 3. The molecule has 0 bridgehead atoms. The smallest absolute Gasteiger partial charge is 0.233 e. The lowest BCUT2D eigenvalue weighted by molar-refractivity contribution is -0.128. The molecule has 2 N–H and O–H groups in total. The maximum absolute atomic E-state index is 12.8. The number of piperazine rings is 1. The zero-order valence-corrected chi connectivity index (χ0v) is 18.8. The lowest BCUT2D eigenvalue weighted by atomic mass is 10.2. The fourth-order valence-electron chi connectivity index (χ4n) is 3.66. The van der Waals surface area contributed by atoms with Gasteiger partial charge in [-0.3, -0.25) is 14.2 Å². The molecule has 0 atom stereocenters. The van der Waals surface area contributed by atoms with Gasteiger partial charge in [-0.2, -0.15) is 0 Å². The van der Waals surface area contributed by atoms with E-state index in [1.165, 1.54) is 23.0 Å². The number of thioether (sulfide) groups is 1. The largest absolute Gasteiger partial charge is 0.461 e. The first kappa shape index (κ1) is 21.9. The summed E-state index contributed by atoms with van der Waals surface area (Å²) in [5.41, 5.74) is 7.74. The van der Waals surface area contributed by atoms with Gasteiger partial charge >= 0.3 is 0 Å². The van der Waals surface area contributed by atoms with E-state index < -0.39 is 5.91 Å². The fourth-order valence-corrected chi connectivity index (χ4v) is 4.53. The highest BCUT2D eigenvalue weighted by Crippen LogP contribution is 2.25. The molecule has 0 radical (unpaired) electrons. The summed E-state index contributed by atoms with van der Waals surface area (Å²) in [6.07, 6.45) is 1.70. The van der Waals surface area contributed by atoms with Gasteiger partial charge in [0.15, 0.2) is 16.7 Å². The van der Waals surface area contributed by atoms with Gasteiger partial charge in [0.1, 0.15) is 0 Å². The SMILES string of the molecule is Cc1cccc(N2CCN(C(=O)CSc3nnc(-c4ccco4)n3CCC(N)=O)CC2)c1. The fraction of sp³-hybridized carbons (Fsp3) is 0.364. The van der Waals surface area contributed by atoms with Crippen molar-refractivity contribution in [2.24, 2.45) is 5.73 Å². The Morgan fingerprint density at radius 1 is 1.12 bits per heavy atom. The molecule has 9 nitrogen and oxygen atoms in total. The van der Waals surface area contributed by atoms with E-state index in [4.69, 9.17) is 10.2 Å². The first-order chi connectivity index (χ1) is 15.5. The number of hydrogen-bond acceptors (Lipinski definition) is 7. The minimum Gasteiger partial charge on any atom is -0.461 e. The number of carbonyl (C=O) groups excluding carboxylic acids is 2. The van der Waals surface area contributed by atoms with Crippen molar-refractivity contribution >= 4 is 29.3 Å². The van der Waals surface area contributed by atoms with E-state index >= 15 is 0 Å². The van der Waals surface area contributed by atoms with Crippen molar-refractivity contribution in [3.05, 3.63) is 48.2 Å². The van der Waals surface area contributed by atoms with E-state index in [9.17, 15) is 9.59 Å². The molecule has 1 aliphatic rings. The number of amides is 2. The second-order valence-electron chi connectivity index (χ2n) is 7.65. The third-order valence-corrected chi connectivity index (χ3v) is 6.32. The van der Waals surface area contributed by atoms with E-state index in [-0.39, 0.29) is 18.1 Å². The Kier molecular flexibility index (Phi) is 6.79. The number of benzene rings is 1. The van der Waals surface area contributed by atoms with Gasteiger partial charge in [0.05, 0.1) is 12.0 Å². The number of carbonyl (C=O) groups is 2. The normalized spacial score (nSPS) is 14.0. The van der Waals surface area contributed by atoms with Gasteiger partial charge in [0, 0.05) is 44.8 Å². The second kappa shape index (κ2) is 9.90. The Bertz CT molecular complexity index is 1070. The summed E-state index contributed by atoms with van der Waals surface area (Å²) in [5, 5.41) is 8.96. The number of furan rings is 1. The topological polar surface area (TPSA) is 110 Å². The van der Waals surface area contributed by atoms with E-state index in [1.807, 2.05) is 4.90 Å². The van der Waals surface area contributed by atoms with Gasteiger partial charge in [-0.25, -0.2) is 0 Å². The number of nitrogens with two attached hydrogens (primary N) is 1. The van der Waals surface area contributed by atoms with Gasteiger partial charge in [0.25, 0.3) is 0 Å². The van der Waals surface area contributed by atoms with Crippen molar-refractivity contribution in [2.45, 2.75) is 25.0 Å². The Hall–Kier alpha value is -3.27. The third-order valence-electron chi connectivity index (χ3n) is 5.36. The number of aryl methyl sites for hydroxylation is 1. The van der Waals surface area contributed by atoms with Crippen LogP contribution in [0.15, 0.2) is 52.2 Å². The molecule has 1 aliphatic heterocycles. The highest BCUT2D eigenvalue weighted by molar-refractivity contribution is 7.99. The molecule has 1 fully saturated rings. The lowest BCUT2D eigenvalue weighted by Crippen LogP contribution is -2.49. The van der Waals surface area contributed by atoms with Crippen LogP contribution in [0.2, 0.25) is 0 Å². The van der Waals surface area contributed by atoms with Crippen LogP contribution < -0.4 is 10.6 Å². The Labute approximate surface area is 190 Å². The van der Waals surface area contributed by atoms with Crippen molar-refractivity contribution in [1.29, 1.82) is 0 Å². The van der Waals surface area contributed by atoms with Crippen LogP contribution in [0.4, 0.5) is 5.69 Å². The molecule has 2 amide bonds. The predicted octanol–water partition coefficient (Wildman–Crippen LogP) is 2.16. The van der Waals surface area contributed by atoms with Crippen molar-refractivity contribution in [1.82, 2.24) is 19.7 Å². The van der Waals surface area contributed by atoms with Crippen LogP contribution in [0.3, 0.4) is 0 Å². The van der Waals surface area contributed by atoms with Crippen LogP contribution in [0.25, 0.3) is 11.6 Å². The molecule has 0 saturated carbocycles. The molecule has 10 heteroatoms. The molecule has 0 spiro atoms. The van der Waals surface area contributed by atoms with Crippen LogP contribution in [-0.2, 0) is 16.1 Å². The summed E-state index contributed by atoms with van der Waals surface area (Å²) in [4.78, 5) is 28.3. The molecular formula is C22H26N6O3S. The minimum atomic E-state index is -0.414. The monoisotopic (exact) mass is 454 g/mol. The summed E-state index contributed by atoms with van der Waals surface area (Å²) in [5.74, 6) is 0.952. The zero-order chi connectivity index (χ0) is 22.5. The number of rotatable bonds is 8. The van der Waals surface area contributed by atoms with Crippen LogP contribution in [-0.4, -0.2) is 63.4 Å². The molecular weight excluding hydrogens is 428 g/mol. The van der Waals surface area contributed by atoms with Crippen molar-refractivity contribution < 1.29 is 14.0 Å². The number of nitrogens with zero attached hydrogens (tertiary/aromatic N) is 5. The quantitative estimate of drug-likeness (QED) is 0.519. The third kappa shape index (κ3) is 5.13. The molecule has 0 unspecified atom stereocenters. The van der Waals surface area contributed by atoms with E-state index in [1.54, 1.807) is 23.0 Å². The van der Waals surface area contributed by atoms with Gasteiger partial charge in [0.2, 0.25) is 11.8 Å². The predicted molar refractivity (Wildman–Crippen MR) is 122 cm³/mol. The molecule has 1 aromatic carbocycles.